The Labute approximate surface area is 187 Å². The maximum atomic E-state index is 3.77. The van der Waals surface area contributed by atoms with Gasteiger partial charge in [0.05, 0.1) is 0 Å². The van der Waals surface area contributed by atoms with E-state index in [1.54, 1.807) is 0 Å². The molecule has 0 N–H and O–H groups in total. The van der Waals surface area contributed by atoms with Crippen molar-refractivity contribution in [2.24, 2.45) is 0 Å². The summed E-state index contributed by atoms with van der Waals surface area (Å²) in [6.45, 7) is 8.88. The van der Waals surface area contributed by atoms with Crippen LogP contribution in [0, 0.1) is 27.7 Å². The van der Waals surface area contributed by atoms with E-state index < -0.39 is 0 Å². The first kappa shape index (κ1) is 21.4. The molecular weight excluding hydrogens is 471 g/mol. The Bertz CT molecular complexity index is 934. The molecule has 0 nitrogen and oxygen atoms in total. The molecular formula is C25H27BBr2. The third-order valence-electron chi connectivity index (χ3n) is 5.76. The van der Waals surface area contributed by atoms with Crippen LogP contribution in [0.15, 0.2) is 54.6 Å². The molecule has 0 unspecified atom stereocenters. The molecule has 0 saturated carbocycles. The predicted octanol–water partition coefficient (Wildman–Crippen LogP) is 6.64. The second-order valence-electron chi connectivity index (χ2n) is 7.99. The van der Waals surface area contributed by atoms with Crippen molar-refractivity contribution >= 4 is 39.7 Å². The molecule has 0 saturated heterocycles. The second-order valence-corrected chi connectivity index (χ2v) is 9.11. The van der Waals surface area contributed by atoms with Crippen molar-refractivity contribution in [1.82, 2.24) is 0 Å². The molecule has 0 radical (unpaired) electrons. The maximum Gasteiger partial charge on any atom is 0.126 e. The van der Waals surface area contributed by atoms with Crippen LogP contribution in [0.25, 0.3) is 0 Å². The largest absolute Gasteiger partial charge is 0.126 e. The first-order chi connectivity index (χ1) is 13.3. The summed E-state index contributed by atoms with van der Waals surface area (Å²) < 4.78 is 0. The third kappa shape index (κ3) is 3.76. The molecule has 28 heavy (non-hydrogen) atoms. The summed E-state index contributed by atoms with van der Waals surface area (Å²) >= 11 is 7.54. The monoisotopic (exact) mass is 496 g/mol. The van der Waals surface area contributed by atoms with E-state index in [4.69, 9.17) is 0 Å². The molecule has 144 valence electrons. The highest BCUT2D eigenvalue weighted by Gasteiger charge is 2.37. The van der Waals surface area contributed by atoms with Gasteiger partial charge in [0, 0.05) is 16.0 Å². The molecule has 0 fully saturated rings. The Hall–Kier alpha value is -1.32. The van der Waals surface area contributed by atoms with Crippen molar-refractivity contribution in [3.8, 4) is 0 Å². The lowest BCUT2D eigenvalue weighted by molar-refractivity contribution is 0.832. The molecule has 0 aliphatic carbocycles. The lowest BCUT2D eigenvalue weighted by Crippen LogP contribution is -2.34. The SMILES string of the molecule is BC(c1ccccc1)(c1c(C)cc(C)cc1CBr)c1c(C)cc(C)cc1CBr. The van der Waals surface area contributed by atoms with Gasteiger partial charge in [-0.3, -0.25) is 0 Å². The lowest BCUT2D eigenvalue weighted by atomic mass is 9.53. The van der Waals surface area contributed by atoms with Crippen molar-refractivity contribution in [3.05, 3.63) is 105 Å². The predicted molar refractivity (Wildman–Crippen MR) is 132 cm³/mol. The zero-order valence-electron chi connectivity index (χ0n) is 17.4. The standard InChI is InChI=1S/C25H27BBr2/c1-16-10-18(3)23(20(12-16)14-27)25(26,22-8-6-5-7-9-22)24-19(4)11-17(2)13-21(24)15-28/h5-13H,14-15,26H2,1-4H3. The highest BCUT2D eigenvalue weighted by Crippen LogP contribution is 2.44. The summed E-state index contributed by atoms with van der Waals surface area (Å²) in [7, 11) is 2.40. The minimum atomic E-state index is -0.233. The van der Waals surface area contributed by atoms with Crippen LogP contribution in [-0.2, 0) is 16.0 Å². The average molecular weight is 498 g/mol. The molecule has 3 heteroatoms. The molecule has 0 amide bonds. The van der Waals surface area contributed by atoms with Crippen LogP contribution in [0.5, 0.6) is 0 Å². The summed E-state index contributed by atoms with van der Waals surface area (Å²) in [6, 6.07) is 20.3. The van der Waals surface area contributed by atoms with Gasteiger partial charge in [0.25, 0.3) is 0 Å². The van der Waals surface area contributed by atoms with Gasteiger partial charge in [-0.1, -0.05) is 97.6 Å². The number of halogens is 2. The van der Waals surface area contributed by atoms with Crippen LogP contribution in [0.4, 0.5) is 0 Å². The van der Waals surface area contributed by atoms with E-state index >= 15 is 0 Å². The van der Waals surface area contributed by atoms with Crippen LogP contribution < -0.4 is 0 Å². The van der Waals surface area contributed by atoms with E-state index in [1.165, 1.54) is 50.1 Å². The summed E-state index contributed by atoms with van der Waals surface area (Å²) in [5.41, 5.74) is 12.2. The van der Waals surface area contributed by atoms with E-state index in [1.807, 2.05) is 0 Å². The first-order valence-electron chi connectivity index (χ1n) is 9.71. The Kier molecular flexibility index (Phi) is 6.56. The molecule has 0 bridgehead atoms. The van der Waals surface area contributed by atoms with E-state index in [0.717, 1.165) is 10.7 Å². The van der Waals surface area contributed by atoms with Crippen LogP contribution in [0.1, 0.15) is 50.1 Å². The number of benzene rings is 3. The summed E-state index contributed by atoms with van der Waals surface area (Å²) in [5.74, 6) is 0. The minimum Gasteiger partial charge on any atom is -0.0876 e. The fourth-order valence-electron chi connectivity index (χ4n) is 4.94. The first-order valence-corrected chi connectivity index (χ1v) is 12.0. The van der Waals surface area contributed by atoms with Gasteiger partial charge in [0.15, 0.2) is 0 Å². The number of aryl methyl sites for hydroxylation is 4. The van der Waals surface area contributed by atoms with Gasteiger partial charge in [-0.2, -0.15) is 0 Å². The van der Waals surface area contributed by atoms with Crippen LogP contribution in [0.2, 0.25) is 0 Å². The van der Waals surface area contributed by atoms with Gasteiger partial charge in [0.2, 0.25) is 0 Å². The fourth-order valence-corrected chi connectivity index (χ4v) is 5.82. The van der Waals surface area contributed by atoms with Crippen LogP contribution >= 0.6 is 31.9 Å². The van der Waals surface area contributed by atoms with E-state index in [9.17, 15) is 0 Å². The second kappa shape index (κ2) is 8.59. The van der Waals surface area contributed by atoms with E-state index in [-0.39, 0.29) is 5.31 Å². The molecule has 0 aliphatic heterocycles. The lowest BCUT2D eigenvalue weighted by Gasteiger charge is -2.38. The number of alkyl halides is 2. The van der Waals surface area contributed by atoms with Gasteiger partial charge in [-0.15, -0.1) is 0 Å². The Morgan fingerprint density at radius 3 is 1.54 bits per heavy atom. The summed E-state index contributed by atoms with van der Waals surface area (Å²) in [6.07, 6.45) is 0. The van der Waals surface area contributed by atoms with Gasteiger partial charge >= 0.3 is 0 Å². The molecule has 0 heterocycles. The van der Waals surface area contributed by atoms with Gasteiger partial charge in [-0.25, -0.2) is 0 Å². The maximum absolute atomic E-state index is 3.77. The van der Waals surface area contributed by atoms with Crippen LogP contribution in [0.3, 0.4) is 0 Å². The molecule has 0 aliphatic rings. The zero-order valence-corrected chi connectivity index (χ0v) is 20.5. The van der Waals surface area contributed by atoms with Gasteiger partial charge in [0.1, 0.15) is 7.85 Å². The quantitative estimate of drug-likeness (QED) is 0.211. The summed E-state index contributed by atoms with van der Waals surface area (Å²) in [4.78, 5) is 0. The Morgan fingerprint density at radius 1 is 0.714 bits per heavy atom. The van der Waals surface area contributed by atoms with E-state index in [2.05, 4.69) is 122 Å². The minimum absolute atomic E-state index is 0.233. The highest BCUT2D eigenvalue weighted by molar-refractivity contribution is 9.08. The highest BCUT2D eigenvalue weighted by atomic mass is 79.9. The number of rotatable bonds is 5. The Balaban J connectivity index is 2.48. The van der Waals surface area contributed by atoms with Crippen LogP contribution in [-0.4, -0.2) is 7.85 Å². The molecule has 0 aromatic heterocycles. The summed E-state index contributed by atoms with van der Waals surface area (Å²) in [5, 5.41) is 1.46. The van der Waals surface area contributed by atoms with E-state index in [0.29, 0.717) is 0 Å². The normalized spacial score (nSPS) is 11.6. The molecule has 0 spiro atoms. The van der Waals surface area contributed by atoms with Crippen molar-refractivity contribution < 1.29 is 0 Å². The van der Waals surface area contributed by atoms with Crippen molar-refractivity contribution in [2.75, 3.05) is 0 Å². The molecule has 3 aromatic carbocycles. The van der Waals surface area contributed by atoms with Gasteiger partial charge in [-0.05, 0) is 66.6 Å². The average Bonchev–Trinajstić information content (AvgIpc) is 2.66. The molecule has 3 aromatic rings. The smallest absolute Gasteiger partial charge is 0.0876 e. The zero-order chi connectivity index (χ0) is 20.5. The van der Waals surface area contributed by atoms with Gasteiger partial charge < -0.3 is 0 Å². The van der Waals surface area contributed by atoms with Crippen molar-refractivity contribution in [2.45, 2.75) is 43.7 Å². The van der Waals surface area contributed by atoms with Crippen molar-refractivity contribution in [3.63, 3.8) is 0 Å². The fraction of sp³-hybridized carbons (Fsp3) is 0.280. The number of hydrogen-bond acceptors (Lipinski definition) is 0. The Morgan fingerprint density at radius 2 is 1.14 bits per heavy atom. The number of hydrogen-bond donors (Lipinski definition) is 0. The molecule has 3 rings (SSSR count). The molecule has 0 atom stereocenters. The van der Waals surface area contributed by atoms with Crippen molar-refractivity contribution in [1.29, 1.82) is 0 Å². The third-order valence-corrected chi connectivity index (χ3v) is 6.97. The topological polar surface area (TPSA) is 0 Å².